The molecule has 1 atom stereocenters. The lowest BCUT2D eigenvalue weighted by Gasteiger charge is -2.32. The second-order valence-corrected chi connectivity index (χ2v) is 10.4. The average molecular weight is 542 g/mol. The van der Waals surface area contributed by atoms with Crippen molar-refractivity contribution in [2.45, 2.75) is 46.7 Å². The lowest BCUT2D eigenvalue weighted by atomic mass is 10.0. The van der Waals surface area contributed by atoms with Crippen LogP contribution in [0.15, 0.2) is 66.7 Å². The highest BCUT2D eigenvalue weighted by molar-refractivity contribution is 6.36. The fraction of sp³-hybridized carbons (Fsp3) is 0.333. The van der Waals surface area contributed by atoms with Crippen LogP contribution in [0.1, 0.15) is 36.1 Å². The molecule has 0 radical (unpaired) electrons. The minimum atomic E-state index is -0.789. The molecule has 0 aliphatic rings. The maximum Gasteiger partial charge on any atom is 0.261 e. The van der Waals surface area contributed by atoms with E-state index in [1.165, 1.54) is 4.90 Å². The van der Waals surface area contributed by atoms with E-state index < -0.39 is 6.04 Å². The number of benzene rings is 3. The molecule has 2 amide bonds. The van der Waals surface area contributed by atoms with E-state index in [9.17, 15) is 9.59 Å². The van der Waals surface area contributed by atoms with Crippen molar-refractivity contribution in [2.24, 2.45) is 5.92 Å². The largest absolute Gasteiger partial charge is 0.483 e. The molecule has 0 fully saturated rings. The highest BCUT2D eigenvalue weighted by atomic mass is 35.5. The first kappa shape index (κ1) is 28.5. The van der Waals surface area contributed by atoms with E-state index in [1.54, 1.807) is 18.2 Å². The summed E-state index contributed by atoms with van der Waals surface area (Å²) < 4.78 is 5.95. The molecule has 0 aromatic heterocycles. The molecule has 0 saturated carbocycles. The van der Waals surface area contributed by atoms with Crippen LogP contribution in [-0.2, 0) is 22.6 Å². The Morgan fingerprint density at radius 2 is 1.62 bits per heavy atom. The van der Waals surface area contributed by atoms with Crippen molar-refractivity contribution in [3.63, 3.8) is 0 Å². The molecule has 3 aromatic carbocycles. The molecule has 0 bridgehead atoms. The average Bonchev–Trinajstić information content (AvgIpc) is 2.87. The van der Waals surface area contributed by atoms with Crippen LogP contribution in [0.2, 0.25) is 10.0 Å². The van der Waals surface area contributed by atoms with E-state index in [-0.39, 0.29) is 30.9 Å². The van der Waals surface area contributed by atoms with Crippen LogP contribution in [0.3, 0.4) is 0 Å². The molecule has 0 aliphatic heterocycles. The summed E-state index contributed by atoms with van der Waals surface area (Å²) in [4.78, 5) is 28.8. The summed E-state index contributed by atoms with van der Waals surface area (Å²) in [6, 6.07) is 19.9. The van der Waals surface area contributed by atoms with E-state index in [0.717, 1.165) is 16.7 Å². The zero-order valence-electron chi connectivity index (χ0n) is 21.8. The van der Waals surface area contributed by atoms with E-state index >= 15 is 0 Å². The van der Waals surface area contributed by atoms with Gasteiger partial charge < -0.3 is 15.0 Å². The summed E-state index contributed by atoms with van der Waals surface area (Å²) in [5, 5.41) is 3.87. The SMILES string of the molecule is Cc1ccc(C)c(OCC(=O)N(Cc2c(Cl)cccc2Cl)[C@@H](Cc2ccccc2)C(=O)NCC(C)C)c1. The standard InChI is InChI=1S/C30H34Cl2N2O3/c1-20(2)17-33-30(36)27(16-23-9-6-5-7-10-23)34(18-24-25(31)11-8-12-26(24)32)29(35)19-37-28-15-21(3)13-14-22(28)4/h5-15,20,27H,16-19H2,1-4H3,(H,33,36)/t27-/m0/s1. The van der Waals surface area contributed by atoms with Gasteiger partial charge in [-0.25, -0.2) is 0 Å². The molecule has 3 rings (SSSR count). The number of hydrogen-bond donors (Lipinski definition) is 1. The Kier molecular flexibility index (Phi) is 10.4. The zero-order chi connectivity index (χ0) is 26.9. The number of aryl methyl sites for hydroxylation is 2. The predicted molar refractivity (Wildman–Crippen MR) is 150 cm³/mol. The second-order valence-electron chi connectivity index (χ2n) is 9.62. The molecule has 0 spiro atoms. The van der Waals surface area contributed by atoms with Crippen molar-refractivity contribution in [1.82, 2.24) is 10.2 Å². The van der Waals surface area contributed by atoms with Gasteiger partial charge in [0.2, 0.25) is 5.91 Å². The first-order valence-electron chi connectivity index (χ1n) is 12.4. The molecule has 196 valence electrons. The fourth-order valence-corrected chi connectivity index (χ4v) is 4.43. The lowest BCUT2D eigenvalue weighted by Crippen LogP contribution is -2.52. The molecule has 0 heterocycles. The summed E-state index contributed by atoms with van der Waals surface area (Å²) in [6.07, 6.45) is 0.335. The fourth-order valence-electron chi connectivity index (χ4n) is 3.92. The summed E-state index contributed by atoms with van der Waals surface area (Å²) in [7, 11) is 0. The topological polar surface area (TPSA) is 58.6 Å². The molecular formula is C30H34Cl2N2O3. The maximum absolute atomic E-state index is 13.7. The third kappa shape index (κ3) is 8.24. The number of nitrogens with zero attached hydrogens (tertiary/aromatic N) is 1. The third-order valence-electron chi connectivity index (χ3n) is 6.04. The van der Waals surface area contributed by atoms with Crippen LogP contribution < -0.4 is 10.1 Å². The second kappa shape index (κ2) is 13.5. The number of carbonyl (C=O) groups is 2. The summed E-state index contributed by atoms with van der Waals surface area (Å²) in [6.45, 7) is 8.29. The summed E-state index contributed by atoms with van der Waals surface area (Å²) in [5.41, 5.74) is 3.48. The molecule has 37 heavy (non-hydrogen) atoms. The van der Waals surface area contributed by atoms with E-state index in [2.05, 4.69) is 5.32 Å². The van der Waals surface area contributed by atoms with Gasteiger partial charge in [-0.2, -0.15) is 0 Å². The van der Waals surface area contributed by atoms with Gasteiger partial charge in [0, 0.05) is 35.1 Å². The van der Waals surface area contributed by atoms with Gasteiger partial charge in [0.05, 0.1) is 0 Å². The molecule has 5 nitrogen and oxygen atoms in total. The van der Waals surface area contributed by atoms with Gasteiger partial charge in [-0.1, -0.05) is 85.6 Å². The molecule has 0 unspecified atom stereocenters. The lowest BCUT2D eigenvalue weighted by molar-refractivity contribution is -0.142. The van der Waals surface area contributed by atoms with Crippen molar-refractivity contribution in [1.29, 1.82) is 0 Å². The Morgan fingerprint density at radius 1 is 0.946 bits per heavy atom. The van der Waals surface area contributed by atoms with Crippen molar-refractivity contribution in [3.05, 3.63) is 99.0 Å². The number of amides is 2. The number of halogens is 2. The highest BCUT2D eigenvalue weighted by Crippen LogP contribution is 2.27. The Balaban J connectivity index is 1.97. The van der Waals surface area contributed by atoms with Crippen LogP contribution >= 0.6 is 23.2 Å². The minimum Gasteiger partial charge on any atom is -0.483 e. The maximum atomic E-state index is 13.7. The monoisotopic (exact) mass is 540 g/mol. The number of hydrogen-bond acceptors (Lipinski definition) is 3. The third-order valence-corrected chi connectivity index (χ3v) is 6.75. The number of carbonyl (C=O) groups excluding carboxylic acids is 2. The Bertz CT molecular complexity index is 1190. The quantitative estimate of drug-likeness (QED) is 0.306. The van der Waals surface area contributed by atoms with Gasteiger partial charge >= 0.3 is 0 Å². The molecule has 0 aliphatic carbocycles. The van der Waals surface area contributed by atoms with Gasteiger partial charge in [0.15, 0.2) is 6.61 Å². The van der Waals surface area contributed by atoms with Gasteiger partial charge in [0.1, 0.15) is 11.8 Å². The molecule has 1 N–H and O–H groups in total. The van der Waals surface area contributed by atoms with Gasteiger partial charge in [-0.3, -0.25) is 9.59 Å². The minimum absolute atomic E-state index is 0.0695. The van der Waals surface area contributed by atoms with Crippen molar-refractivity contribution in [3.8, 4) is 5.75 Å². The number of ether oxygens (including phenoxy) is 1. The Morgan fingerprint density at radius 3 is 2.27 bits per heavy atom. The molecule has 3 aromatic rings. The van der Waals surface area contributed by atoms with Gasteiger partial charge in [0.25, 0.3) is 5.91 Å². The van der Waals surface area contributed by atoms with Gasteiger partial charge in [-0.05, 0) is 54.7 Å². The van der Waals surface area contributed by atoms with Crippen LogP contribution in [0, 0.1) is 19.8 Å². The first-order valence-corrected chi connectivity index (χ1v) is 13.1. The van der Waals surface area contributed by atoms with Crippen LogP contribution in [0.4, 0.5) is 0 Å². The van der Waals surface area contributed by atoms with Crippen LogP contribution in [0.25, 0.3) is 0 Å². The van der Waals surface area contributed by atoms with Crippen molar-refractivity contribution < 1.29 is 14.3 Å². The Hall–Kier alpha value is -3.02. The highest BCUT2D eigenvalue weighted by Gasteiger charge is 2.31. The zero-order valence-corrected chi connectivity index (χ0v) is 23.3. The predicted octanol–water partition coefficient (Wildman–Crippen LogP) is 6.40. The summed E-state index contributed by atoms with van der Waals surface area (Å²) in [5.74, 6) is 0.322. The van der Waals surface area contributed by atoms with Crippen LogP contribution in [-0.4, -0.2) is 35.9 Å². The van der Waals surface area contributed by atoms with Gasteiger partial charge in [-0.15, -0.1) is 0 Å². The summed E-state index contributed by atoms with van der Waals surface area (Å²) >= 11 is 13.0. The van der Waals surface area contributed by atoms with Crippen molar-refractivity contribution >= 4 is 35.0 Å². The molecular weight excluding hydrogens is 507 g/mol. The normalized spacial score (nSPS) is 11.8. The van der Waals surface area contributed by atoms with Crippen LogP contribution in [0.5, 0.6) is 5.75 Å². The van der Waals surface area contributed by atoms with E-state index in [4.69, 9.17) is 27.9 Å². The molecule has 7 heteroatoms. The molecule has 0 saturated heterocycles. The first-order chi connectivity index (χ1) is 17.7. The van der Waals surface area contributed by atoms with E-state index in [0.29, 0.717) is 34.3 Å². The van der Waals surface area contributed by atoms with Crippen molar-refractivity contribution in [2.75, 3.05) is 13.2 Å². The Labute approximate surface area is 229 Å². The van der Waals surface area contributed by atoms with E-state index in [1.807, 2.05) is 76.2 Å². The number of nitrogens with one attached hydrogen (secondary N) is 1. The number of rotatable bonds is 11. The smallest absolute Gasteiger partial charge is 0.261 e.